The number of nitrogens with zero attached hydrogens (tertiary/aromatic N) is 4. The van der Waals surface area contributed by atoms with Crippen LogP contribution in [0.2, 0.25) is 5.02 Å². The van der Waals surface area contributed by atoms with Crippen LogP contribution in [0.25, 0.3) is 0 Å². The second-order valence-corrected chi connectivity index (χ2v) is 11.1. The zero-order chi connectivity index (χ0) is 22.2. The van der Waals surface area contributed by atoms with Crippen LogP contribution in [0.15, 0.2) is 18.6 Å². The Kier molecular flexibility index (Phi) is 6.38. The van der Waals surface area contributed by atoms with Crippen molar-refractivity contribution in [2.24, 2.45) is 18.9 Å². The van der Waals surface area contributed by atoms with E-state index in [1.165, 1.54) is 6.20 Å². The van der Waals surface area contributed by atoms with Crippen molar-refractivity contribution in [3.8, 4) is 0 Å². The second kappa shape index (κ2) is 8.89. The van der Waals surface area contributed by atoms with Crippen molar-refractivity contribution in [3.63, 3.8) is 0 Å². The Morgan fingerprint density at radius 3 is 2.74 bits per heavy atom. The number of halogens is 1. The first-order valence-electron chi connectivity index (χ1n) is 10.2. The molecule has 2 aliphatic rings. The summed E-state index contributed by atoms with van der Waals surface area (Å²) in [6.45, 7) is 4.54. The summed E-state index contributed by atoms with van der Waals surface area (Å²) in [7, 11) is -1.34. The summed E-state index contributed by atoms with van der Waals surface area (Å²) in [5.41, 5.74) is 0.754. The average molecular weight is 471 g/mol. The fraction of sp³-hybridized carbons (Fsp3) is 0.632. The highest BCUT2D eigenvalue weighted by atomic mass is 35.5. The molecule has 12 heteroatoms. The predicted molar refractivity (Wildman–Crippen MR) is 117 cm³/mol. The van der Waals surface area contributed by atoms with Gasteiger partial charge in [0.05, 0.1) is 54.9 Å². The molecule has 0 amide bonds. The van der Waals surface area contributed by atoms with Crippen LogP contribution in [0.4, 0.5) is 17.5 Å². The average Bonchev–Trinajstić information content (AvgIpc) is 3.36. The molecule has 4 atom stereocenters. The zero-order valence-corrected chi connectivity index (χ0v) is 19.2. The Morgan fingerprint density at radius 1 is 1.26 bits per heavy atom. The molecule has 4 rings (SSSR count). The van der Waals surface area contributed by atoms with Gasteiger partial charge in [0.25, 0.3) is 0 Å². The summed E-state index contributed by atoms with van der Waals surface area (Å²) in [5.74, 6) is 0.996. The van der Waals surface area contributed by atoms with E-state index in [1.807, 2.05) is 20.9 Å². The summed E-state index contributed by atoms with van der Waals surface area (Å²) in [6.07, 6.45) is 4.45. The lowest BCUT2D eigenvalue weighted by Gasteiger charge is -2.19. The van der Waals surface area contributed by atoms with Crippen molar-refractivity contribution < 1.29 is 17.9 Å². The van der Waals surface area contributed by atoms with E-state index in [4.69, 9.17) is 21.1 Å². The number of anilines is 3. The molecule has 0 aliphatic carbocycles. The van der Waals surface area contributed by atoms with Crippen molar-refractivity contribution >= 4 is 38.9 Å². The van der Waals surface area contributed by atoms with Crippen LogP contribution in [-0.4, -0.2) is 71.1 Å². The van der Waals surface area contributed by atoms with E-state index in [-0.39, 0.29) is 41.6 Å². The van der Waals surface area contributed by atoms with Crippen molar-refractivity contribution in [1.29, 1.82) is 0 Å². The van der Waals surface area contributed by atoms with Crippen LogP contribution in [0, 0.1) is 11.8 Å². The van der Waals surface area contributed by atoms with E-state index in [0.29, 0.717) is 30.0 Å². The standard InChI is InChI=1S/C19H27ClN6O4S/c1-11(2)9-31(27,28)10-12-7-29-17-15(8-30-16(12)17)24-18-14(20)5-21-19(25-18)23-13-4-22-26(3)6-13/h4-6,11-12,15-17H,7-10H2,1-3H3,(H2,21,23,24,25)/t12-,15-,16?,17?/m0/s1. The number of hydrogen-bond acceptors (Lipinski definition) is 9. The van der Waals surface area contributed by atoms with Gasteiger partial charge < -0.3 is 20.1 Å². The number of hydrogen-bond donors (Lipinski definition) is 2. The van der Waals surface area contributed by atoms with E-state index >= 15 is 0 Å². The van der Waals surface area contributed by atoms with Crippen molar-refractivity contribution in [2.75, 3.05) is 35.4 Å². The van der Waals surface area contributed by atoms with Gasteiger partial charge in [0.2, 0.25) is 5.95 Å². The number of fused-ring (bicyclic) bond motifs is 1. The summed E-state index contributed by atoms with van der Waals surface area (Å²) < 4.78 is 38.4. The van der Waals surface area contributed by atoms with E-state index < -0.39 is 9.84 Å². The smallest absolute Gasteiger partial charge is 0.229 e. The van der Waals surface area contributed by atoms with E-state index in [1.54, 1.807) is 17.1 Å². The summed E-state index contributed by atoms with van der Waals surface area (Å²) >= 11 is 6.30. The minimum Gasteiger partial charge on any atom is -0.373 e. The Bertz CT molecular complexity index is 1030. The molecule has 170 valence electrons. The Balaban J connectivity index is 1.41. The zero-order valence-electron chi connectivity index (χ0n) is 17.7. The third-order valence-electron chi connectivity index (χ3n) is 5.24. The first-order chi connectivity index (χ1) is 14.7. The van der Waals surface area contributed by atoms with Gasteiger partial charge in [-0.2, -0.15) is 10.1 Å². The molecule has 2 fully saturated rings. The first kappa shape index (κ1) is 22.3. The maximum Gasteiger partial charge on any atom is 0.229 e. The van der Waals surface area contributed by atoms with Gasteiger partial charge in [-0.3, -0.25) is 4.68 Å². The van der Waals surface area contributed by atoms with Gasteiger partial charge in [-0.1, -0.05) is 25.4 Å². The number of nitrogens with one attached hydrogen (secondary N) is 2. The molecule has 2 N–H and O–H groups in total. The molecule has 0 bridgehead atoms. The monoisotopic (exact) mass is 470 g/mol. The van der Waals surface area contributed by atoms with E-state index in [0.717, 1.165) is 5.69 Å². The predicted octanol–water partition coefficient (Wildman–Crippen LogP) is 1.87. The number of aromatic nitrogens is 4. The molecule has 2 saturated heterocycles. The number of aryl methyl sites for hydroxylation is 1. The highest BCUT2D eigenvalue weighted by Gasteiger charge is 2.49. The third-order valence-corrected chi connectivity index (χ3v) is 7.63. The molecule has 2 unspecified atom stereocenters. The molecule has 2 aromatic heterocycles. The van der Waals surface area contributed by atoms with Crippen LogP contribution < -0.4 is 10.6 Å². The number of sulfone groups is 1. The quantitative estimate of drug-likeness (QED) is 0.595. The van der Waals surface area contributed by atoms with Gasteiger partial charge in [0.1, 0.15) is 11.1 Å². The van der Waals surface area contributed by atoms with Crippen molar-refractivity contribution in [3.05, 3.63) is 23.6 Å². The molecule has 2 aliphatic heterocycles. The molecular weight excluding hydrogens is 444 g/mol. The van der Waals surface area contributed by atoms with Crippen LogP contribution in [-0.2, 0) is 26.4 Å². The second-order valence-electron chi connectivity index (χ2n) is 8.50. The maximum absolute atomic E-state index is 12.4. The van der Waals surface area contributed by atoms with Crippen LogP contribution in [0.1, 0.15) is 13.8 Å². The van der Waals surface area contributed by atoms with Crippen LogP contribution >= 0.6 is 11.6 Å². The largest absolute Gasteiger partial charge is 0.373 e. The summed E-state index contributed by atoms with van der Waals surface area (Å²) in [4.78, 5) is 8.66. The Hall–Kier alpha value is -1.95. The molecular formula is C19H27ClN6O4S. The van der Waals surface area contributed by atoms with Gasteiger partial charge in [-0.25, -0.2) is 13.4 Å². The van der Waals surface area contributed by atoms with Gasteiger partial charge in [0, 0.05) is 19.2 Å². The van der Waals surface area contributed by atoms with Crippen LogP contribution in [0.3, 0.4) is 0 Å². The Morgan fingerprint density at radius 2 is 2.03 bits per heavy atom. The topological polar surface area (TPSA) is 120 Å². The molecule has 0 aromatic carbocycles. The van der Waals surface area contributed by atoms with Crippen LogP contribution in [0.5, 0.6) is 0 Å². The fourth-order valence-electron chi connectivity index (χ4n) is 4.07. The molecule has 2 aromatic rings. The third kappa shape index (κ3) is 5.28. The van der Waals surface area contributed by atoms with Gasteiger partial charge >= 0.3 is 0 Å². The van der Waals surface area contributed by atoms with Gasteiger partial charge in [-0.15, -0.1) is 0 Å². The lowest BCUT2D eigenvalue weighted by Crippen LogP contribution is -2.36. The van der Waals surface area contributed by atoms with Crippen molar-refractivity contribution in [1.82, 2.24) is 19.7 Å². The minimum atomic E-state index is -3.16. The minimum absolute atomic E-state index is 0.0759. The highest BCUT2D eigenvalue weighted by Crippen LogP contribution is 2.34. The van der Waals surface area contributed by atoms with E-state index in [9.17, 15) is 8.42 Å². The first-order valence-corrected chi connectivity index (χ1v) is 12.4. The molecule has 0 saturated carbocycles. The number of ether oxygens (including phenoxy) is 2. The lowest BCUT2D eigenvalue weighted by molar-refractivity contribution is 0.0656. The normalized spacial score (nSPS) is 25.7. The maximum atomic E-state index is 12.4. The molecule has 10 nitrogen and oxygen atoms in total. The van der Waals surface area contributed by atoms with Gasteiger partial charge in [-0.05, 0) is 5.92 Å². The van der Waals surface area contributed by atoms with E-state index in [2.05, 4.69) is 25.7 Å². The SMILES string of the molecule is CC(C)CS(=O)(=O)C[C@@H]1COC2C1OC[C@@H]2Nc1nc(Nc2cnn(C)c2)ncc1Cl. The summed E-state index contributed by atoms with van der Waals surface area (Å²) in [5, 5.41) is 10.8. The molecule has 4 heterocycles. The lowest BCUT2D eigenvalue weighted by atomic mass is 10.0. The molecule has 0 spiro atoms. The number of rotatable bonds is 8. The van der Waals surface area contributed by atoms with Crippen molar-refractivity contribution in [2.45, 2.75) is 32.1 Å². The Labute approximate surface area is 186 Å². The fourth-order valence-corrected chi connectivity index (χ4v) is 6.30. The summed E-state index contributed by atoms with van der Waals surface area (Å²) in [6, 6.07) is -0.193. The van der Waals surface area contributed by atoms with Gasteiger partial charge in [0.15, 0.2) is 15.7 Å². The highest BCUT2D eigenvalue weighted by molar-refractivity contribution is 7.91. The molecule has 31 heavy (non-hydrogen) atoms. The molecule has 0 radical (unpaired) electrons.